The SMILES string of the molecule is C[C](C)(Cc1cccc2c1Cc1ccccc1-2)[Ti]([NH2])([Cl])([Cl])[CH2]c1ccccc1. The van der Waals surface area contributed by atoms with E-state index in [1.54, 1.807) is 0 Å². The first-order chi connectivity index (χ1) is 13.2. The summed E-state index contributed by atoms with van der Waals surface area (Å²) in [7, 11) is 14.3. The van der Waals surface area contributed by atoms with Crippen LogP contribution in [0.25, 0.3) is 11.1 Å². The van der Waals surface area contributed by atoms with Crippen LogP contribution in [0.3, 0.4) is 0 Å². The first-order valence-electron chi connectivity index (χ1n) is 9.77. The van der Waals surface area contributed by atoms with Gasteiger partial charge in [0.2, 0.25) is 0 Å². The topological polar surface area (TPSA) is 26.0 Å². The van der Waals surface area contributed by atoms with Gasteiger partial charge in [-0.2, -0.15) is 0 Å². The number of hydrogen-bond acceptors (Lipinski definition) is 1. The zero-order valence-electron chi connectivity index (χ0n) is 16.4. The Labute approximate surface area is 176 Å². The number of fused-ring (bicyclic) bond motifs is 3. The van der Waals surface area contributed by atoms with Crippen LogP contribution < -0.4 is 4.22 Å². The second kappa shape index (κ2) is 7.01. The van der Waals surface area contributed by atoms with Crippen molar-refractivity contribution in [3.05, 3.63) is 95.1 Å². The number of benzene rings is 3. The van der Waals surface area contributed by atoms with E-state index in [-0.39, 0.29) is 3.72 Å². The van der Waals surface area contributed by atoms with E-state index in [1.165, 1.54) is 27.8 Å². The van der Waals surface area contributed by atoms with Gasteiger partial charge >= 0.3 is 178 Å². The minimum atomic E-state index is -4.31. The summed E-state index contributed by atoms with van der Waals surface area (Å²) in [6.45, 7) is 4.29. The molecule has 4 heteroatoms. The molecule has 0 bridgehead atoms. The molecule has 2 N–H and O–H groups in total. The quantitative estimate of drug-likeness (QED) is 0.326. The first-order valence-corrected chi connectivity index (χ1v) is 16.9. The van der Waals surface area contributed by atoms with Crippen LogP contribution in [0.15, 0.2) is 72.8 Å². The van der Waals surface area contributed by atoms with Gasteiger partial charge in [-0.25, -0.2) is 0 Å². The van der Waals surface area contributed by atoms with E-state index in [0.717, 1.165) is 18.4 Å². The summed E-state index contributed by atoms with van der Waals surface area (Å²) >= 11 is -4.31. The molecule has 0 spiro atoms. The molecular weight excluding hydrogens is 421 g/mol. The summed E-state index contributed by atoms with van der Waals surface area (Å²) in [5.41, 5.74) is 7.89. The zero-order chi connectivity index (χ0) is 20.0. The Balaban J connectivity index is 1.67. The molecule has 0 aliphatic heterocycles. The van der Waals surface area contributed by atoms with E-state index in [9.17, 15) is 0 Å². The Kier molecular flexibility index (Phi) is 5.05. The number of hydrogen-bond donors (Lipinski definition) is 1. The average molecular weight is 447 g/mol. The Morgan fingerprint density at radius 2 is 1.50 bits per heavy atom. The van der Waals surface area contributed by atoms with Gasteiger partial charge in [0.25, 0.3) is 0 Å². The van der Waals surface area contributed by atoms with Gasteiger partial charge in [0.1, 0.15) is 0 Å². The maximum atomic E-state index is 7.14. The van der Waals surface area contributed by atoms with Crippen molar-refractivity contribution in [2.45, 2.75) is 35.1 Å². The number of rotatable bonds is 5. The van der Waals surface area contributed by atoms with Crippen molar-refractivity contribution in [3.63, 3.8) is 0 Å². The average Bonchev–Trinajstić information content (AvgIpc) is 3.01. The Morgan fingerprint density at radius 3 is 2.25 bits per heavy atom. The summed E-state index contributed by atoms with van der Waals surface area (Å²) in [6.07, 6.45) is 1.76. The molecule has 4 rings (SSSR count). The van der Waals surface area contributed by atoms with E-state index < -0.39 is 13.4 Å². The third-order valence-corrected chi connectivity index (χ3v) is 17.9. The third-order valence-electron chi connectivity index (χ3n) is 6.33. The summed E-state index contributed by atoms with van der Waals surface area (Å²) in [6, 6.07) is 25.4. The number of nitrogens with two attached hydrogens (primary N) is 1. The standard InChI is InChI=1S/C17H17.C7H7.2ClH.H2N.Ti/c1-12(2)10-13-7-5-9-16-15-8-4-3-6-14(15)11-17(13)16;1-7-5-3-2-4-6-7;;;;/h3-9H,10-11H2,1-2H3;2-6H,1H2;2*1H;1H2;/q;;;;-1;+3/p-2. The van der Waals surface area contributed by atoms with E-state index in [2.05, 4.69) is 68.4 Å². The van der Waals surface area contributed by atoms with E-state index in [1.807, 2.05) is 18.2 Å². The van der Waals surface area contributed by atoms with Crippen molar-refractivity contribution in [1.29, 1.82) is 0 Å². The van der Waals surface area contributed by atoms with Gasteiger partial charge in [-0.3, -0.25) is 0 Å². The van der Waals surface area contributed by atoms with Crippen LogP contribution >= 0.6 is 18.6 Å². The summed E-state index contributed by atoms with van der Waals surface area (Å²) < 4.78 is 7.08. The Bertz CT molecular complexity index is 1020. The van der Waals surface area contributed by atoms with E-state index in [4.69, 9.17) is 22.8 Å². The fourth-order valence-electron chi connectivity index (χ4n) is 4.25. The molecule has 1 nitrogen and oxygen atoms in total. The summed E-state index contributed by atoms with van der Waals surface area (Å²) in [5, 5.41) is 0. The van der Waals surface area contributed by atoms with Gasteiger partial charge in [0.15, 0.2) is 0 Å². The number of halogens is 2. The van der Waals surface area contributed by atoms with Crippen LogP contribution in [-0.4, -0.2) is 0 Å². The van der Waals surface area contributed by atoms with Crippen LogP contribution in [0, 0.1) is 0 Å². The van der Waals surface area contributed by atoms with Gasteiger partial charge in [-0.15, -0.1) is 0 Å². The monoisotopic (exact) mass is 446 g/mol. The molecule has 0 aromatic heterocycles. The van der Waals surface area contributed by atoms with Crippen molar-refractivity contribution >= 4 is 18.6 Å². The molecule has 3 aromatic rings. The molecule has 3 aromatic carbocycles. The van der Waals surface area contributed by atoms with Crippen molar-refractivity contribution < 1.29 is 13.4 Å². The van der Waals surface area contributed by atoms with Crippen molar-refractivity contribution in [2.24, 2.45) is 4.22 Å². The molecule has 0 radical (unpaired) electrons. The Morgan fingerprint density at radius 1 is 0.857 bits per heavy atom. The summed E-state index contributed by atoms with van der Waals surface area (Å²) in [5.74, 6) is 0. The normalized spacial score (nSPS) is 14.8. The minimum absolute atomic E-state index is 0.361. The molecule has 0 saturated carbocycles. The second-order valence-corrected chi connectivity index (χ2v) is 23.3. The molecular formula is C24H26Cl2NTi. The molecule has 0 fully saturated rings. The predicted octanol–water partition coefficient (Wildman–Crippen LogP) is 7.07. The van der Waals surface area contributed by atoms with Crippen LogP contribution in [0.5, 0.6) is 0 Å². The fraction of sp³-hybridized carbons (Fsp3) is 0.250. The molecule has 1 aliphatic rings. The van der Waals surface area contributed by atoms with Crippen molar-refractivity contribution in [3.8, 4) is 11.1 Å². The van der Waals surface area contributed by atoms with E-state index >= 15 is 0 Å². The third kappa shape index (κ3) is 3.60. The maximum absolute atomic E-state index is 7.14. The van der Waals surface area contributed by atoms with Crippen molar-refractivity contribution in [1.82, 2.24) is 0 Å². The van der Waals surface area contributed by atoms with Gasteiger partial charge < -0.3 is 0 Å². The molecule has 1 aliphatic carbocycles. The van der Waals surface area contributed by atoms with E-state index in [0.29, 0.717) is 4.73 Å². The fourth-order valence-corrected chi connectivity index (χ4v) is 9.22. The van der Waals surface area contributed by atoms with Crippen molar-refractivity contribution in [2.75, 3.05) is 0 Å². The van der Waals surface area contributed by atoms with Crippen LogP contribution in [-0.2, 0) is 31.0 Å². The van der Waals surface area contributed by atoms with Crippen LogP contribution in [0.4, 0.5) is 0 Å². The van der Waals surface area contributed by atoms with Crippen LogP contribution in [0.2, 0.25) is 3.72 Å². The first kappa shape index (κ1) is 20.2. The van der Waals surface area contributed by atoms with Gasteiger partial charge in [0, 0.05) is 0 Å². The molecule has 0 atom stereocenters. The van der Waals surface area contributed by atoms with Crippen LogP contribution in [0.1, 0.15) is 36.1 Å². The molecule has 145 valence electrons. The molecule has 0 unspecified atom stereocenters. The second-order valence-electron chi connectivity index (χ2n) is 8.77. The van der Waals surface area contributed by atoms with Gasteiger partial charge in [0.05, 0.1) is 0 Å². The zero-order valence-corrected chi connectivity index (χ0v) is 19.5. The molecule has 0 amide bonds. The molecule has 28 heavy (non-hydrogen) atoms. The molecule has 0 heterocycles. The summed E-state index contributed by atoms with van der Waals surface area (Å²) in [4.78, 5) is 0. The predicted molar refractivity (Wildman–Crippen MR) is 118 cm³/mol. The Hall–Kier alpha value is -1.09. The van der Waals surface area contributed by atoms with Gasteiger partial charge in [-0.1, -0.05) is 0 Å². The molecule has 0 saturated heterocycles. The van der Waals surface area contributed by atoms with Gasteiger partial charge in [-0.05, 0) is 0 Å².